The Kier molecular flexibility index (Phi) is 8.01. The van der Waals surface area contributed by atoms with Crippen LogP contribution in [0.4, 0.5) is 24.8 Å². The highest BCUT2D eigenvalue weighted by Gasteiger charge is 2.36. The second-order valence-corrected chi connectivity index (χ2v) is 10.0. The van der Waals surface area contributed by atoms with Gasteiger partial charge >= 0.3 is 6.18 Å². The van der Waals surface area contributed by atoms with Crippen molar-refractivity contribution in [1.82, 2.24) is 29.4 Å². The van der Waals surface area contributed by atoms with E-state index >= 15 is 0 Å². The van der Waals surface area contributed by atoms with Crippen molar-refractivity contribution in [2.24, 2.45) is 0 Å². The van der Waals surface area contributed by atoms with Gasteiger partial charge in [0, 0.05) is 64.6 Å². The zero-order chi connectivity index (χ0) is 27.6. The van der Waals surface area contributed by atoms with Crippen LogP contribution in [0.25, 0.3) is 16.9 Å². The zero-order valence-electron chi connectivity index (χ0n) is 22.2. The summed E-state index contributed by atoms with van der Waals surface area (Å²) >= 11 is 0. The van der Waals surface area contributed by atoms with E-state index in [0.29, 0.717) is 38.5 Å². The number of aromatic nitrogens is 4. The summed E-state index contributed by atoms with van der Waals surface area (Å²) in [6, 6.07) is 2.86. The molecule has 0 radical (unpaired) electrons. The number of hydrogen-bond donors (Lipinski definition) is 1. The van der Waals surface area contributed by atoms with E-state index in [-0.39, 0.29) is 23.6 Å². The molecule has 3 aromatic rings. The Balaban J connectivity index is 1.55. The first-order valence-corrected chi connectivity index (χ1v) is 13.2. The van der Waals surface area contributed by atoms with Gasteiger partial charge in [-0.15, -0.1) is 5.10 Å². The van der Waals surface area contributed by atoms with Crippen LogP contribution in [0.3, 0.4) is 0 Å². The first-order valence-electron chi connectivity index (χ1n) is 13.2. The van der Waals surface area contributed by atoms with Crippen LogP contribution >= 0.6 is 0 Å². The van der Waals surface area contributed by atoms with Gasteiger partial charge in [0.2, 0.25) is 5.91 Å². The van der Waals surface area contributed by atoms with E-state index in [1.54, 1.807) is 4.52 Å². The minimum Gasteiger partial charge on any atom is -0.378 e. The van der Waals surface area contributed by atoms with Crippen LogP contribution in [0, 0.1) is 0 Å². The number of likely N-dealkylation sites (N-methyl/N-ethyl adjacent to an activating group) is 1. The lowest BCUT2D eigenvalue weighted by Crippen LogP contribution is -2.43. The summed E-state index contributed by atoms with van der Waals surface area (Å²) in [5.74, 6) is -0.0776. The Hall–Kier alpha value is -3.29. The SMILES string of the molecule is CCCC(=O)Nc1cc(C(F)(F)F)c(-c2nc(N3CCOCC3)c3cc(CN4CCN(C)CC4)cn3n2)cn1. The number of nitrogens with zero attached hydrogens (tertiary/aromatic N) is 7. The van der Waals surface area contributed by atoms with Crippen molar-refractivity contribution in [3.05, 3.63) is 35.7 Å². The average Bonchev–Trinajstić information content (AvgIpc) is 3.32. The second-order valence-electron chi connectivity index (χ2n) is 10.0. The van der Waals surface area contributed by atoms with Crippen LogP contribution in [0.2, 0.25) is 0 Å². The third-order valence-electron chi connectivity index (χ3n) is 7.01. The molecule has 5 heterocycles. The fraction of sp³-hybridized carbons (Fsp3) is 0.538. The van der Waals surface area contributed by atoms with E-state index in [9.17, 15) is 18.0 Å². The number of carbonyl (C=O) groups excluding carboxylic acids is 1. The highest BCUT2D eigenvalue weighted by atomic mass is 19.4. The van der Waals surface area contributed by atoms with Crippen molar-refractivity contribution in [1.29, 1.82) is 0 Å². The molecule has 2 aliphatic rings. The largest absolute Gasteiger partial charge is 0.417 e. The number of nitrogens with one attached hydrogen (secondary N) is 1. The fourth-order valence-electron chi connectivity index (χ4n) is 4.88. The molecular weight excluding hydrogens is 513 g/mol. The molecule has 3 aromatic heterocycles. The Morgan fingerprint density at radius 1 is 1.10 bits per heavy atom. The maximum Gasteiger partial charge on any atom is 0.417 e. The minimum absolute atomic E-state index is 0.0861. The number of piperazine rings is 1. The van der Waals surface area contributed by atoms with Crippen LogP contribution in [-0.4, -0.2) is 94.8 Å². The van der Waals surface area contributed by atoms with Gasteiger partial charge in [-0.05, 0) is 31.2 Å². The molecule has 210 valence electrons. The number of rotatable bonds is 7. The number of halogens is 3. The molecule has 1 amide bonds. The quantitative estimate of drug-likeness (QED) is 0.484. The number of hydrogen-bond acceptors (Lipinski definition) is 8. The van der Waals surface area contributed by atoms with Gasteiger partial charge in [-0.3, -0.25) is 9.69 Å². The molecule has 0 unspecified atom stereocenters. The number of amides is 1. The molecule has 2 saturated heterocycles. The Morgan fingerprint density at radius 2 is 1.85 bits per heavy atom. The van der Waals surface area contributed by atoms with Gasteiger partial charge in [-0.25, -0.2) is 14.5 Å². The van der Waals surface area contributed by atoms with Gasteiger partial charge < -0.3 is 19.9 Å². The molecule has 0 bridgehead atoms. The summed E-state index contributed by atoms with van der Waals surface area (Å²) in [4.78, 5) is 27.4. The third-order valence-corrected chi connectivity index (χ3v) is 7.01. The number of fused-ring (bicyclic) bond motifs is 1. The molecule has 0 spiro atoms. The highest BCUT2D eigenvalue weighted by Crippen LogP contribution is 2.38. The van der Waals surface area contributed by atoms with E-state index in [4.69, 9.17) is 4.74 Å². The number of pyridine rings is 1. The van der Waals surface area contributed by atoms with Gasteiger partial charge in [0.15, 0.2) is 11.6 Å². The van der Waals surface area contributed by atoms with Crippen molar-refractivity contribution in [3.63, 3.8) is 0 Å². The van der Waals surface area contributed by atoms with Crippen molar-refractivity contribution < 1.29 is 22.7 Å². The van der Waals surface area contributed by atoms with Gasteiger partial charge in [-0.2, -0.15) is 13.2 Å². The number of ether oxygens (including phenoxy) is 1. The molecule has 0 aromatic carbocycles. The molecule has 0 atom stereocenters. The summed E-state index contributed by atoms with van der Waals surface area (Å²) in [7, 11) is 2.10. The average molecular weight is 547 g/mol. The smallest absolute Gasteiger partial charge is 0.378 e. The van der Waals surface area contributed by atoms with Gasteiger partial charge in [0.05, 0.1) is 24.3 Å². The van der Waals surface area contributed by atoms with E-state index in [0.717, 1.165) is 56.1 Å². The van der Waals surface area contributed by atoms with Crippen molar-refractivity contribution in [2.75, 3.05) is 69.7 Å². The molecule has 5 rings (SSSR count). The summed E-state index contributed by atoms with van der Waals surface area (Å²) in [6.07, 6.45) is -0.991. The Labute approximate surface area is 224 Å². The number of alkyl halides is 3. The van der Waals surface area contributed by atoms with Crippen LogP contribution in [0.15, 0.2) is 24.5 Å². The molecule has 1 N–H and O–H groups in total. The van der Waals surface area contributed by atoms with Gasteiger partial charge in [0.1, 0.15) is 11.3 Å². The molecule has 10 nitrogen and oxygen atoms in total. The monoisotopic (exact) mass is 546 g/mol. The van der Waals surface area contributed by atoms with Crippen molar-refractivity contribution in [2.45, 2.75) is 32.5 Å². The van der Waals surface area contributed by atoms with Crippen LogP contribution in [0.5, 0.6) is 0 Å². The summed E-state index contributed by atoms with van der Waals surface area (Å²) < 4.78 is 49.8. The zero-order valence-corrected chi connectivity index (χ0v) is 22.2. The maximum atomic E-state index is 14.2. The van der Waals surface area contributed by atoms with Crippen molar-refractivity contribution >= 4 is 23.1 Å². The first-order chi connectivity index (χ1) is 18.7. The van der Waals surface area contributed by atoms with Gasteiger partial charge in [-0.1, -0.05) is 6.92 Å². The number of anilines is 2. The van der Waals surface area contributed by atoms with Gasteiger partial charge in [0.25, 0.3) is 0 Å². The third kappa shape index (κ3) is 6.31. The Morgan fingerprint density at radius 3 is 2.54 bits per heavy atom. The standard InChI is InChI=1S/C26H33F3N8O2/c1-3-4-23(38)31-22-14-20(26(27,28)29)19(15-30-22)24-32-25(36-9-11-39-12-10-36)21-13-18(17-37(21)33-24)16-35-7-5-34(2)6-8-35/h13-15,17H,3-12,16H2,1-2H3,(H,30,31,38). The summed E-state index contributed by atoms with van der Waals surface area (Å²) in [5.41, 5.74) is 0.543. The molecular formula is C26H33F3N8O2. The molecule has 2 fully saturated rings. The van der Waals surface area contributed by atoms with Crippen LogP contribution in [-0.2, 0) is 22.3 Å². The van der Waals surface area contributed by atoms with Crippen LogP contribution < -0.4 is 10.2 Å². The normalized spacial score (nSPS) is 17.6. The predicted octanol–water partition coefficient (Wildman–Crippen LogP) is 3.13. The minimum atomic E-state index is -4.71. The number of morpholine rings is 1. The summed E-state index contributed by atoms with van der Waals surface area (Å²) in [6.45, 7) is 8.52. The fourth-order valence-corrected chi connectivity index (χ4v) is 4.88. The lowest BCUT2D eigenvalue weighted by molar-refractivity contribution is -0.137. The predicted molar refractivity (Wildman–Crippen MR) is 141 cm³/mol. The van der Waals surface area contributed by atoms with Crippen molar-refractivity contribution in [3.8, 4) is 11.4 Å². The van der Waals surface area contributed by atoms with Crippen LogP contribution in [0.1, 0.15) is 30.9 Å². The number of carbonyl (C=O) groups is 1. The van der Waals surface area contributed by atoms with E-state index in [2.05, 4.69) is 37.2 Å². The molecule has 2 aliphatic heterocycles. The molecule has 13 heteroatoms. The first kappa shape index (κ1) is 27.3. The molecule has 0 aliphatic carbocycles. The maximum absolute atomic E-state index is 14.2. The molecule has 0 saturated carbocycles. The summed E-state index contributed by atoms with van der Waals surface area (Å²) in [5, 5.41) is 6.96. The van der Waals surface area contributed by atoms with E-state index < -0.39 is 17.6 Å². The van der Waals surface area contributed by atoms with E-state index in [1.807, 2.05) is 24.1 Å². The molecule has 39 heavy (non-hydrogen) atoms. The highest BCUT2D eigenvalue weighted by molar-refractivity contribution is 5.90. The topological polar surface area (TPSA) is 91.1 Å². The lowest BCUT2D eigenvalue weighted by Gasteiger charge is -2.32. The second kappa shape index (κ2) is 11.4. The van der Waals surface area contributed by atoms with E-state index in [1.165, 1.54) is 0 Å². The lowest BCUT2D eigenvalue weighted by atomic mass is 10.1. The Bertz CT molecular complexity index is 1310.